The van der Waals surface area contributed by atoms with Gasteiger partial charge in [0.1, 0.15) is 27.7 Å². The number of halogens is 1. The maximum absolute atomic E-state index is 13.0. The number of carbonyl (C=O) groups is 3. The van der Waals surface area contributed by atoms with Crippen molar-refractivity contribution in [2.75, 3.05) is 0 Å². The van der Waals surface area contributed by atoms with Crippen LogP contribution in [0.25, 0.3) is 17.4 Å². The molecule has 1 saturated heterocycles. The Labute approximate surface area is 167 Å². The normalized spacial score (nSPS) is 16.6. The van der Waals surface area contributed by atoms with Crippen molar-refractivity contribution in [3.8, 4) is 11.3 Å². The van der Waals surface area contributed by atoms with Crippen molar-refractivity contribution in [3.63, 3.8) is 0 Å². The van der Waals surface area contributed by atoms with Crippen LogP contribution < -0.4 is 0 Å². The van der Waals surface area contributed by atoms with Crippen LogP contribution in [-0.2, 0) is 14.4 Å². The Hall–Kier alpha value is -2.98. The Morgan fingerprint density at radius 1 is 1.21 bits per heavy atom. The number of thioether (sulfide) groups is 1. The zero-order valence-electron chi connectivity index (χ0n) is 14.0. The van der Waals surface area contributed by atoms with Crippen LogP contribution in [0.3, 0.4) is 0 Å². The molecule has 1 fully saturated rings. The molecule has 10 heteroatoms. The average Bonchev–Trinajstić information content (AvgIpc) is 3.19. The van der Waals surface area contributed by atoms with Gasteiger partial charge in [-0.05, 0) is 36.4 Å². The van der Waals surface area contributed by atoms with Crippen LogP contribution in [0, 0.1) is 5.82 Å². The summed E-state index contributed by atoms with van der Waals surface area (Å²) >= 11 is 5.92. The molecule has 1 unspecified atom stereocenters. The fourth-order valence-electron chi connectivity index (χ4n) is 2.53. The lowest BCUT2D eigenvalue weighted by molar-refractivity contribution is -0.150. The molecule has 0 spiro atoms. The second-order valence-electron chi connectivity index (χ2n) is 5.71. The smallest absolute Gasteiger partial charge is 0.327 e. The van der Waals surface area contributed by atoms with Gasteiger partial charge in [0, 0.05) is 11.6 Å². The number of carbonyl (C=O) groups excluding carboxylic acids is 1. The lowest BCUT2D eigenvalue weighted by atomic mass is 10.2. The third-order valence-electron chi connectivity index (χ3n) is 3.82. The summed E-state index contributed by atoms with van der Waals surface area (Å²) < 4.78 is 18.6. The van der Waals surface area contributed by atoms with E-state index in [-0.39, 0.29) is 15.0 Å². The second kappa shape index (κ2) is 7.95. The van der Waals surface area contributed by atoms with Gasteiger partial charge in [0.15, 0.2) is 0 Å². The number of hydrogen-bond donors (Lipinski definition) is 2. The van der Waals surface area contributed by atoms with Gasteiger partial charge >= 0.3 is 11.9 Å². The van der Waals surface area contributed by atoms with E-state index in [0.29, 0.717) is 17.1 Å². The van der Waals surface area contributed by atoms with Crippen LogP contribution in [0.2, 0.25) is 0 Å². The van der Waals surface area contributed by atoms with Crippen molar-refractivity contribution in [1.29, 1.82) is 0 Å². The molecular weight excluding hydrogens is 409 g/mol. The van der Waals surface area contributed by atoms with E-state index >= 15 is 0 Å². The molecule has 3 rings (SSSR count). The molecule has 1 amide bonds. The molecule has 1 aromatic carbocycles. The molecule has 144 valence electrons. The van der Waals surface area contributed by atoms with Crippen molar-refractivity contribution < 1.29 is 33.4 Å². The van der Waals surface area contributed by atoms with E-state index in [2.05, 4.69) is 0 Å². The molecule has 7 nitrogen and oxygen atoms in total. The highest BCUT2D eigenvalue weighted by molar-refractivity contribution is 8.26. The standard InChI is InChI=1S/C18H12FNO6S2/c19-10-3-1-9(2-4-10)13-6-5-11(26-13)7-14-16(23)20(18(27)28-14)12(17(24)25)8-15(21)22/h1-7,12H,8H2,(H,21,22)(H,24,25)/b14-7-. The molecule has 2 N–H and O–H groups in total. The predicted octanol–water partition coefficient (Wildman–Crippen LogP) is 3.21. The largest absolute Gasteiger partial charge is 0.481 e. The maximum Gasteiger partial charge on any atom is 0.327 e. The van der Waals surface area contributed by atoms with Crippen LogP contribution in [0.4, 0.5) is 4.39 Å². The first kappa shape index (κ1) is 19.8. The van der Waals surface area contributed by atoms with Crippen molar-refractivity contribution in [1.82, 2.24) is 4.90 Å². The molecular formula is C18H12FNO6S2. The van der Waals surface area contributed by atoms with Crippen LogP contribution in [0.5, 0.6) is 0 Å². The minimum atomic E-state index is -1.60. The summed E-state index contributed by atoms with van der Waals surface area (Å²) in [6.07, 6.45) is 0.622. The summed E-state index contributed by atoms with van der Waals surface area (Å²) in [6, 6.07) is 7.30. The number of hydrogen-bond acceptors (Lipinski definition) is 6. The molecule has 2 aromatic rings. The first-order valence-corrected chi connectivity index (χ1v) is 9.06. The average molecular weight is 421 g/mol. The number of aliphatic carboxylic acids is 2. The fourth-order valence-corrected chi connectivity index (χ4v) is 3.87. The highest BCUT2D eigenvalue weighted by atomic mass is 32.2. The summed E-state index contributed by atoms with van der Waals surface area (Å²) in [5.74, 6) is -3.14. The molecule has 0 saturated carbocycles. The number of thiocarbonyl (C=S) groups is 1. The zero-order chi connectivity index (χ0) is 20.4. The number of carboxylic acids is 2. The van der Waals surface area contributed by atoms with E-state index < -0.39 is 30.3 Å². The van der Waals surface area contributed by atoms with Gasteiger partial charge in [-0.2, -0.15) is 0 Å². The van der Waals surface area contributed by atoms with Gasteiger partial charge in [0.25, 0.3) is 5.91 Å². The van der Waals surface area contributed by atoms with Gasteiger partial charge in [-0.15, -0.1) is 0 Å². The molecule has 0 aliphatic carbocycles. The lowest BCUT2D eigenvalue weighted by Gasteiger charge is -2.21. The molecule has 1 aliphatic rings. The second-order valence-corrected chi connectivity index (χ2v) is 7.39. The Morgan fingerprint density at radius 3 is 2.50 bits per heavy atom. The first-order valence-electron chi connectivity index (χ1n) is 7.83. The minimum absolute atomic E-state index is 0.0461. The SMILES string of the molecule is O=C(O)CC(C(=O)O)N1C(=O)/C(=C/c2ccc(-c3ccc(F)cc3)o2)SC1=S. The maximum atomic E-state index is 13.0. The molecule has 1 aliphatic heterocycles. The lowest BCUT2D eigenvalue weighted by Crippen LogP contribution is -2.45. The molecule has 1 aromatic heterocycles. The quantitative estimate of drug-likeness (QED) is 0.541. The van der Waals surface area contributed by atoms with Crippen molar-refractivity contribution in [3.05, 3.63) is 52.9 Å². The number of carboxylic acid groups (broad SMARTS) is 2. The van der Waals surface area contributed by atoms with E-state index in [1.807, 2.05) is 0 Å². The van der Waals surface area contributed by atoms with Crippen LogP contribution >= 0.6 is 24.0 Å². The minimum Gasteiger partial charge on any atom is -0.481 e. The van der Waals surface area contributed by atoms with Crippen LogP contribution in [0.1, 0.15) is 12.2 Å². The number of benzene rings is 1. The number of amides is 1. The Balaban J connectivity index is 1.85. The Bertz CT molecular complexity index is 998. The topological polar surface area (TPSA) is 108 Å². The third-order valence-corrected chi connectivity index (χ3v) is 5.15. The Morgan fingerprint density at radius 2 is 1.89 bits per heavy atom. The predicted molar refractivity (Wildman–Crippen MR) is 103 cm³/mol. The van der Waals surface area contributed by atoms with E-state index in [4.69, 9.17) is 21.7 Å². The van der Waals surface area contributed by atoms with E-state index in [1.165, 1.54) is 18.2 Å². The van der Waals surface area contributed by atoms with Crippen molar-refractivity contribution in [2.24, 2.45) is 0 Å². The van der Waals surface area contributed by atoms with Crippen molar-refractivity contribution in [2.45, 2.75) is 12.5 Å². The molecule has 2 heterocycles. The fraction of sp³-hybridized carbons (Fsp3) is 0.111. The van der Waals surface area contributed by atoms with E-state index in [9.17, 15) is 23.9 Å². The van der Waals surface area contributed by atoms with Gasteiger partial charge in [0.2, 0.25) is 0 Å². The van der Waals surface area contributed by atoms with Gasteiger partial charge in [-0.3, -0.25) is 14.5 Å². The zero-order valence-corrected chi connectivity index (χ0v) is 15.6. The van der Waals surface area contributed by atoms with Gasteiger partial charge in [0.05, 0.1) is 11.3 Å². The number of rotatable bonds is 6. The molecule has 1 atom stereocenters. The summed E-state index contributed by atoms with van der Waals surface area (Å²) in [5, 5.41) is 18.1. The number of furan rings is 1. The van der Waals surface area contributed by atoms with Crippen LogP contribution in [-0.4, -0.2) is 43.3 Å². The molecule has 0 radical (unpaired) electrons. The Kier molecular flexibility index (Phi) is 5.61. The summed E-state index contributed by atoms with van der Waals surface area (Å²) in [5.41, 5.74) is 0.640. The van der Waals surface area contributed by atoms with Gasteiger partial charge in [-0.1, -0.05) is 24.0 Å². The number of nitrogens with zero attached hydrogens (tertiary/aromatic N) is 1. The molecule has 0 bridgehead atoms. The summed E-state index contributed by atoms with van der Waals surface area (Å²) in [4.78, 5) is 35.8. The first-order chi connectivity index (χ1) is 13.3. The van der Waals surface area contributed by atoms with Gasteiger partial charge < -0.3 is 14.6 Å². The monoisotopic (exact) mass is 421 g/mol. The van der Waals surface area contributed by atoms with E-state index in [0.717, 1.165) is 16.7 Å². The summed E-state index contributed by atoms with van der Waals surface area (Å²) in [7, 11) is 0. The van der Waals surface area contributed by atoms with Gasteiger partial charge in [-0.25, -0.2) is 9.18 Å². The molecule has 28 heavy (non-hydrogen) atoms. The summed E-state index contributed by atoms with van der Waals surface area (Å²) in [6.45, 7) is 0. The highest BCUT2D eigenvalue weighted by Crippen LogP contribution is 2.35. The highest BCUT2D eigenvalue weighted by Gasteiger charge is 2.41. The van der Waals surface area contributed by atoms with Crippen LogP contribution in [0.15, 0.2) is 45.7 Å². The van der Waals surface area contributed by atoms with Crippen molar-refractivity contribution >= 4 is 52.2 Å². The third kappa shape index (κ3) is 4.12. The van der Waals surface area contributed by atoms with E-state index in [1.54, 1.807) is 24.3 Å².